The first-order valence-electron chi connectivity index (χ1n) is 6.57. The molecule has 0 amide bonds. The number of anilines is 1. The van der Waals surface area contributed by atoms with Crippen molar-refractivity contribution in [2.75, 3.05) is 25.1 Å². The summed E-state index contributed by atoms with van der Waals surface area (Å²) in [4.78, 5) is 25.8. The molecule has 1 heterocycles. The van der Waals surface area contributed by atoms with E-state index >= 15 is 0 Å². The number of ether oxygens (including phenoxy) is 1. The summed E-state index contributed by atoms with van der Waals surface area (Å²) in [6.45, 7) is 6.71. The second-order valence-corrected chi connectivity index (χ2v) is 5.99. The molecule has 0 bridgehead atoms. The number of thiophene rings is 1. The van der Waals surface area contributed by atoms with Gasteiger partial charge in [0.2, 0.25) is 0 Å². The number of carboxylic acids is 1. The van der Waals surface area contributed by atoms with Gasteiger partial charge in [0.15, 0.2) is 0 Å². The lowest BCUT2D eigenvalue weighted by Gasteiger charge is -2.25. The third kappa shape index (κ3) is 3.96. The zero-order valence-electron chi connectivity index (χ0n) is 12.3. The van der Waals surface area contributed by atoms with Crippen molar-refractivity contribution >= 4 is 28.3 Å². The number of methoxy groups -OCH3 is 1. The van der Waals surface area contributed by atoms with Crippen LogP contribution in [0.25, 0.3) is 0 Å². The van der Waals surface area contributed by atoms with Gasteiger partial charge in [-0.3, -0.25) is 4.79 Å². The summed E-state index contributed by atoms with van der Waals surface area (Å²) in [6, 6.07) is 1.79. The molecule has 0 aliphatic carbocycles. The van der Waals surface area contributed by atoms with Gasteiger partial charge >= 0.3 is 11.9 Å². The van der Waals surface area contributed by atoms with Crippen LogP contribution in [0.2, 0.25) is 0 Å². The molecule has 0 aliphatic rings. The van der Waals surface area contributed by atoms with Crippen LogP contribution in [-0.4, -0.2) is 37.2 Å². The molecular weight excluding hydrogens is 278 g/mol. The van der Waals surface area contributed by atoms with Crippen molar-refractivity contribution in [1.82, 2.24) is 0 Å². The first-order valence-corrected chi connectivity index (χ1v) is 7.38. The van der Waals surface area contributed by atoms with Crippen LogP contribution in [0.4, 0.5) is 5.00 Å². The minimum atomic E-state index is -0.834. The molecule has 0 fully saturated rings. The van der Waals surface area contributed by atoms with Crippen molar-refractivity contribution in [3.8, 4) is 0 Å². The van der Waals surface area contributed by atoms with E-state index in [4.69, 9.17) is 9.84 Å². The summed E-state index contributed by atoms with van der Waals surface area (Å²) in [5.74, 6) is -1.71. The standard InChI is InChI=1S/C14H21NO4S/c1-5-6-15(8-9(2)13(16)17)12-11(14(18)19-4)7-10(3)20-12/h7,9H,5-6,8H2,1-4H3,(H,16,17). The Balaban J connectivity index is 3.07. The van der Waals surface area contributed by atoms with Crippen molar-refractivity contribution in [2.24, 2.45) is 5.92 Å². The van der Waals surface area contributed by atoms with E-state index in [9.17, 15) is 9.59 Å². The Morgan fingerprint density at radius 1 is 1.50 bits per heavy atom. The van der Waals surface area contributed by atoms with E-state index in [1.165, 1.54) is 18.4 Å². The van der Waals surface area contributed by atoms with Gasteiger partial charge in [-0.05, 0) is 19.4 Å². The van der Waals surface area contributed by atoms with Crippen LogP contribution in [-0.2, 0) is 9.53 Å². The maximum atomic E-state index is 11.8. The molecule has 1 aromatic rings. The number of carbonyl (C=O) groups excluding carboxylic acids is 1. The molecule has 1 N–H and O–H groups in total. The average Bonchev–Trinajstić information content (AvgIpc) is 2.79. The zero-order chi connectivity index (χ0) is 15.3. The Kier molecular flexibility index (Phi) is 6.01. The van der Waals surface area contributed by atoms with Crippen LogP contribution in [0, 0.1) is 12.8 Å². The van der Waals surface area contributed by atoms with Gasteiger partial charge in [0.25, 0.3) is 0 Å². The van der Waals surface area contributed by atoms with Gasteiger partial charge in [-0.2, -0.15) is 0 Å². The molecule has 5 nitrogen and oxygen atoms in total. The Morgan fingerprint density at radius 3 is 2.65 bits per heavy atom. The number of aryl methyl sites for hydroxylation is 1. The molecule has 20 heavy (non-hydrogen) atoms. The van der Waals surface area contributed by atoms with Gasteiger partial charge in [-0.1, -0.05) is 13.8 Å². The van der Waals surface area contributed by atoms with E-state index in [2.05, 4.69) is 0 Å². The fourth-order valence-corrected chi connectivity index (χ4v) is 2.98. The number of hydrogen-bond acceptors (Lipinski definition) is 5. The summed E-state index contributed by atoms with van der Waals surface area (Å²) < 4.78 is 4.80. The number of nitrogens with zero attached hydrogens (tertiary/aromatic N) is 1. The molecule has 1 aromatic heterocycles. The Bertz CT molecular complexity index is 484. The molecule has 0 saturated heterocycles. The minimum Gasteiger partial charge on any atom is -0.481 e. The van der Waals surface area contributed by atoms with Crippen molar-refractivity contribution in [3.05, 3.63) is 16.5 Å². The summed E-state index contributed by atoms with van der Waals surface area (Å²) >= 11 is 1.49. The number of aliphatic carboxylic acids is 1. The molecule has 6 heteroatoms. The maximum absolute atomic E-state index is 11.8. The molecular formula is C14H21NO4S. The summed E-state index contributed by atoms with van der Waals surface area (Å²) in [7, 11) is 1.35. The molecule has 1 atom stereocenters. The van der Waals surface area contributed by atoms with Crippen molar-refractivity contribution in [2.45, 2.75) is 27.2 Å². The quantitative estimate of drug-likeness (QED) is 0.784. The van der Waals surface area contributed by atoms with E-state index in [1.807, 2.05) is 18.7 Å². The van der Waals surface area contributed by atoms with Crippen molar-refractivity contribution < 1.29 is 19.4 Å². The molecule has 1 unspecified atom stereocenters. The van der Waals surface area contributed by atoms with Crippen LogP contribution in [0.3, 0.4) is 0 Å². The van der Waals surface area contributed by atoms with Gasteiger partial charge in [0.1, 0.15) is 5.00 Å². The summed E-state index contributed by atoms with van der Waals surface area (Å²) in [6.07, 6.45) is 0.879. The minimum absolute atomic E-state index is 0.381. The van der Waals surface area contributed by atoms with Crippen LogP contribution in [0.5, 0.6) is 0 Å². The number of esters is 1. The predicted octanol–water partition coefficient (Wildman–Crippen LogP) is 2.78. The average molecular weight is 299 g/mol. The molecule has 1 rings (SSSR count). The largest absolute Gasteiger partial charge is 0.481 e. The third-order valence-corrected chi connectivity index (χ3v) is 4.05. The third-order valence-electron chi connectivity index (χ3n) is 2.94. The Labute approximate surface area is 123 Å². The molecule has 112 valence electrons. The van der Waals surface area contributed by atoms with E-state index in [1.54, 1.807) is 13.0 Å². The zero-order valence-corrected chi connectivity index (χ0v) is 13.1. The van der Waals surface area contributed by atoms with E-state index in [0.717, 1.165) is 16.3 Å². The molecule has 0 radical (unpaired) electrons. The number of rotatable bonds is 7. The second-order valence-electron chi connectivity index (χ2n) is 4.75. The van der Waals surface area contributed by atoms with Crippen LogP contribution in [0.1, 0.15) is 35.5 Å². The topological polar surface area (TPSA) is 66.8 Å². The van der Waals surface area contributed by atoms with Gasteiger partial charge in [0.05, 0.1) is 18.6 Å². The Hall–Kier alpha value is -1.56. The highest BCUT2D eigenvalue weighted by molar-refractivity contribution is 7.16. The first kappa shape index (κ1) is 16.5. The van der Waals surface area contributed by atoms with E-state index < -0.39 is 11.9 Å². The normalized spacial score (nSPS) is 12.0. The first-order chi connectivity index (χ1) is 9.40. The maximum Gasteiger partial charge on any atom is 0.340 e. The monoisotopic (exact) mass is 299 g/mol. The molecule has 0 aromatic carbocycles. The fourth-order valence-electron chi connectivity index (χ4n) is 1.95. The molecule has 0 saturated carbocycles. The second kappa shape index (κ2) is 7.28. The van der Waals surface area contributed by atoms with Crippen LogP contribution in [0.15, 0.2) is 6.07 Å². The lowest BCUT2D eigenvalue weighted by Crippen LogP contribution is -2.32. The van der Waals surface area contributed by atoms with Gasteiger partial charge in [-0.15, -0.1) is 11.3 Å². The van der Waals surface area contributed by atoms with Crippen molar-refractivity contribution in [3.63, 3.8) is 0 Å². The number of carbonyl (C=O) groups is 2. The van der Waals surface area contributed by atoms with E-state index in [-0.39, 0.29) is 5.97 Å². The highest BCUT2D eigenvalue weighted by Gasteiger charge is 2.23. The lowest BCUT2D eigenvalue weighted by molar-refractivity contribution is -0.140. The fraction of sp³-hybridized carbons (Fsp3) is 0.571. The smallest absolute Gasteiger partial charge is 0.340 e. The number of hydrogen-bond donors (Lipinski definition) is 1. The Morgan fingerprint density at radius 2 is 2.15 bits per heavy atom. The SMILES string of the molecule is CCCN(CC(C)C(=O)O)c1sc(C)cc1C(=O)OC. The van der Waals surface area contributed by atoms with Gasteiger partial charge in [0, 0.05) is 18.0 Å². The lowest BCUT2D eigenvalue weighted by atomic mass is 10.1. The van der Waals surface area contributed by atoms with Crippen molar-refractivity contribution in [1.29, 1.82) is 0 Å². The predicted molar refractivity (Wildman–Crippen MR) is 79.7 cm³/mol. The highest BCUT2D eigenvalue weighted by atomic mass is 32.1. The van der Waals surface area contributed by atoms with E-state index in [0.29, 0.717) is 18.7 Å². The van der Waals surface area contributed by atoms with Crippen LogP contribution < -0.4 is 4.90 Å². The van der Waals surface area contributed by atoms with Gasteiger partial charge < -0.3 is 14.7 Å². The summed E-state index contributed by atoms with van der Waals surface area (Å²) in [5, 5.41) is 9.86. The summed E-state index contributed by atoms with van der Waals surface area (Å²) in [5.41, 5.74) is 0.515. The van der Waals surface area contributed by atoms with Crippen LogP contribution >= 0.6 is 11.3 Å². The highest BCUT2D eigenvalue weighted by Crippen LogP contribution is 2.32. The molecule has 0 aliphatic heterocycles. The number of carboxylic acid groups (broad SMARTS) is 1. The van der Waals surface area contributed by atoms with Gasteiger partial charge in [-0.25, -0.2) is 4.79 Å². The molecule has 0 spiro atoms.